The van der Waals surface area contributed by atoms with Crippen molar-refractivity contribution in [3.63, 3.8) is 0 Å². The molecule has 1 fully saturated rings. The zero-order chi connectivity index (χ0) is 11.4. The predicted molar refractivity (Wildman–Crippen MR) is 69.2 cm³/mol. The molecule has 1 atom stereocenters. The zero-order valence-corrected chi connectivity index (χ0v) is 11.2. The Balaban J connectivity index is 1.95. The second-order valence-corrected chi connectivity index (χ2v) is 5.67. The molecule has 0 N–H and O–H groups in total. The van der Waals surface area contributed by atoms with E-state index in [1.807, 2.05) is 18.2 Å². The van der Waals surface area contributed by atoms with E-state index in [4.69, 9.17) is 4.74 Å². The number of carbonyl (C=O) groups is 1. The molecule has 2 rings (SSSR count). The molecule has 0 saturated carbocycles. The van der Waals surface area contributed by atoms with E-state index >= 15 is 0 Å². The van der Waals surface area contributed by atoms with Crippen LogP contribution in [0.4, 0.5) is 0 Å². The molecule has 16 heavy (non-hydrogen) atoms. The lowest BCUT2D eigenvalue weighted by Crippen LogP contribution is -2.07. The molecule has 1 unspecified atom stereocenters. The van der Waals surface area contributed by atoms with E-state index in [1.54, 1.807) is 11.8 Å². The maximum atomic E-state index is 10.6. The lowest BCUT2D eigenvalue weighted by molar-refractivity contribution is 0.112. The Morgan fingerprint density at radius 2 is 2.44 bits per heavy atom. The van der Waals surface area contributed by atoms with Crippen LogP contribution in [0, 0.1) is 0 Å². The number of hydrogen-bond donors (Lipinski definition) is 0. The lowest BCUT2D eigenvalue weighted by atomic mass is 10.2. The third-order valence-corrected chi connectivity index (χ3v) is 4.66. The summed E-state index contributed by atoms with van der Waals surface area (Å²) in [5, 5.41) is 0. The summed E-state index contributed by atoms with van der Waals surface area (Å²) in [7, 11) is 0. The molecular weight excluding hydrogens is 288 g/mol. The van der Waals surface area contributed by atoms with Gasteiger partial charge in [-0.3, -0.25) is 4.79 Å². The van der Waals surface area contributed by atoms with Crippen molar-refractivity contribution in [3.8, 4) is 0 Å². The summed E-state index contributed by atoms with van der Waals surface area (Å²) in [6.07, 6.45) is 3.59. The minimum absolute atomic E-state index is 0.391. The first-order valence-corrected chi connectivity index (χ1v) is 7.06. The quantitative estimate of drug-likeness (QED) is 0.628. The normalized spacial score (nSPS) is 19.9. The maximum absolute atomic E-state index is 10.6. The van der Waals surface area contributed by atoms with Crippen molar-refractivity contribution in [1.29, 1.82) is 0 Å². The number of benzene rings is 1. The van der Waals surface area contributed by atoms with Crippen LogP contribution in [0.3, 0.4) is 0 Å². The molecule has 0 amide bonds. The SMILES string of the molecule is O=Cc1ccc(SCC2CCCO2)c(Br)c1. The third-order valence-electron chi connectivity index (χ3n) is 2.54. The number of ether oxygens (including phenoxy) is 1. The number of carbonyl (C=O) groups excluding carboxylic acids is 1. The van der Waals surface area contributed by atoms with E-state index in [0.29, 0.717) is 11.7 Å². The van der Waals surface area contributed by atoms with Gasteiger partial charge in [0.05, 0.1) is 6.10 Å². The van der Waals surface area contributed by atoms with Crippen molar-refractivity contribution in [1.82, 2.24) is 0 Å². The van der Waals surface area contributed by atoms with Crippen LogP contribution >= 0.6 is 27.7 Å². The van der Waals surface area contributed by atoms with Crippen LogP contribution in [0.5, 0.6) is 0 Å². The first-order valence-electron chi connectivity index (χ1n) is 5.29. The fourth-order valence-corrected chi connectivity index (χ4v) is 3.40. The molecule has 4 heteroatoms. The van der Waals surface area contributed by atoms with Gasteiger partial charge in [-0.15, -0.1) is 11.8 Å². The number of hydrogen-bond acceptors (Lipinski definition) is 3. The summed E-state index contributed by atoms with van der Waals surface area (Å²) in [5.74, 6) is 0.985. The van der Waals surface area contributed by atoms with Gasteiger partial charge in [0.25, 0.3) is 0 Å². The van der Waals surface area contributed by atoms with E-state index in [9.17, 15) is 4.79 Å². The molecule has 0 bridgehead atoms. The molecule has 1 aliphatic heterocycles. The van der Waals surface area contributed by atoms with Crippen molar-refractivity contribution in [2.45, 2.75) is 23.8 Å². The summed E-state index contributed by atoms with van der Waals surface area (Å²) < 4.78 is 6.55. The topological polar surface area (TPSA) is 26.3 Å². The number of thioether (sulfide) groups is 1. The van der Waals surface area contributed by atoms with Crippen LogP contribution in [-0.2, 0) is 4.74 Å². The molecule has 0 radical (unpaired) electrons. The van der Waals surface area contributed by atoms with Gasteiger partial charge in [-0.2, -0.15) is 0 Å². The minimum Gasteiger partial charge on any atom is -0.377 e. The fourth-order valence-electron chi connectivity index (χ4n) is 1.67. The monoisotopic (exact) mass is 300 g/mol. The van der Waals surface area contributed by atoms with Gasteiger partial charge in [-0.1, -0.05) is 6.07 Å². The minimum atomic E-state index is 0.391. The summed E-state index contributed by atoms with van der Waals surface area (Å²) in [4.78, 5) is 11.8. The Morgan fingerprint density at radius 1 is 1.56 bits per heavy atom. The van der Waals surface area contributed by atoms with E-state index < -0.39 is 0 Å². The standard InChI is InChI=1S/C12H13BrO2S/c13-11-6-9(7-14)3-4-12(11)16-8-10-2-1-5-15-10/h3-4,6-7,10H,1-2,5,8H2. The zero-order valence-electron chi connectivity index (χ0n) is 8.82. The number of halogens is 1. The van der Waals surface area contributed by atoms with Gasteiger partial charge in [-0.25, -0.2) is 0 Å². The second kappa shape index (κ2) is 5.84. The van der Waals surface area contributed by atoms with Crippen LogP contribution in [0.1, 0.15) is 23.2 Å². The molecule has 0 spiro atoms. The van der Waals surface area contributed by atoms with Crippen LogP contribution in [-0.4, -0.2) is 24.7 Å². The summed E-state index contributed by atoms with van der Waals surface area (Å²) in [6.45, 7) is 0.899. The van der Waals surface area contributed by atoms with Crippen molar-refractivity contribution in [2.24, 2.45) is 0 Å². The highest BCUT2D eigenvalue weighted by atomic mass is 79.9. The molecule has 1 aromatic carbocycles. The molecular formula is C12H13BrO2S. The van der Waals surface area contributed by atoms with E-state index in [-0.39, 0.29) is 0 Å². The Kier molecular flexibility index (Phi) is 4.44. The molecule has 1 aliphatic rings. The molecule has 0 aromatic heterocycles. The Hall–Kier alpha value is -0.320. The van der Waals surface area contributed by atoms with Gasteiger partial charge in [0.2, 0.25) is 0 Å². The van der Waals surface area contributed by atoms with Gasteiger partial charge >= 0.3 is 0 Å². The van der Waals surface area contributed by atoms with E-state index in [0.717, 1.165) is 29.5 Å². The largest absolute Gasteiger partial charge is 0.377 e. The van der Waals surface area contributed by atoms with Gasteiger partial charge in [0.1, 0.15) is 6.29 Å². The van der Waals surface area contributed by atoms with Crippen LogP contribution in [0.15, 0.2) is 27.6 Å². The van der Waals surface area contributed by atoms with Crippen LogP contribution in [0.2, 0.25) is 0 Å². The Labute approximate surface area is 108 Å². The summed E-state index contributed by atoms with van der Waals surface area (Å²) in [5.41, 5.74) is 0.702. The van der Waals surface area contributed by atoms with Crippen molar-refractivity contribution in [2.75, 3.05) is 12.4 Å². The Morgan fingerprint density at radius 3 is 3.06 bits per heavy atom. The third kappa shape index (κ3) is 3.09. The molecule has 86 valence electrons. The highest BCUT2D eigenvalue weighted by Gasteiger charge is 2.16. The molecule has 2 nitrogen and oxygen atoms in total. The highest BCUT2D eigenvalue weighted by molar-refractivity contribution is 9.10. The predicted octanol–water partition coefficient (Wildman–Crippen LogP) is 3.53. The second-order valence-electron chi connectivity index (χ2n) is 3.75. The van der Waals surface area contributed by atoms with Crippen LogP contribution < -0.4 is 0 Å². The van der Waals surface area contributed by atoms with Crippen LogP contribution in [0.25, 0.3) is 0 Å². The van der Waals surface area contributed by atoms with E-state index in [1.165, 1.54) is 11.3 Å². The van der Waals surface area contributed by atoms with Gasteiger partial charge < -0.3 is 4.74 Å². The summed E-state index contributed by atoms with van der Waals surface area (Å²) >= 11 is 5.25. The molecule has 1 aromatic rings. The van der Waals surface area contributed by atoms with Crippen molar-refractivity contribution < 1.29 is 9.53 Å². The number of aldehydes is 1. The van der Waals surface area contributed by atoms with Crippen molar-refractivity contribution >= 4 is 34.0 Å². The Bertz CT molecular complexity index is 375. The number of rotatable bonds is 4. The lowest BCUT2D eigenvalue weighted by Gasteiger charge is -2.09. The first-order chi connectivity index (χ1) is 7.79. The highest BCUT2D eigenvalue weighted by Crippen LogP contribution is 2.30. The van der Waals surface area contributed by atoms with Crippen molar-refractivity contribution in [3.05, 3.63) is 28.2 Å². The van der Waals surface area contributed by atoms with Gasteiger partial charge in [-0.05, 0) is 40.9 Å². The molecule has 0 aliphatic carbocycles. The van der Waals surface area contributed by atoms with Gasteiger partial charge in [0, 0.05) is 27.3 Å². The van der Waals surface area contributed by atoms with Gasteiger partial charge in [0.15, 0.2) is 0 Å². The van der Waals surface area contributed by atoms with E-state index in [2.05, 4.69) is 15.9 Å². The molecule has 1 saturated heterocycles. The average molecular weight is 301 g/mol. The maximum Gasteiger partial charge on any atom is 0.150 e. The average Bonchev–Trinajstić information content (AvgIpc) is 2.80. The smallest absolute Gasteiger partial charge is 0.150 e. The first kappa shape index (κ1) is 12.1. The molecule has 1 heterocycles. The summed E-state index contributed by atoms with van der Waals surface area (Å²) in [6, 6.07) is 5.67. The fraction of sp³-hybridized carbons (Fsp3) is 0.417.